The molecule has 1 aromatic heterocycles. The second-order valence-electron chi connectivity index (χ2n) is 7.81. The summed E-state index contributed by atoms with van der Waals surface area (Å²) >= 11 is 0. The number of aliphatic imine (C=N–C) groups is 1. The van der Waals surface area contributed by atoms with Gasteiger partial charge in [-0.3, -0.25) is 9.89 Å². The van der Waals surface area contributed by atoms with Crippen LogP contribution in [0.3, 0.4) is 0 Å². The molecule has 0 radical (unpaired) electrons. The molecule has 27 heavy (non-hydrogen) atoms. The molecule has 3 rings (SSSR count). The summed E-state index contributed by atoms with van der Waals surface area (Å²) in [5.41, 5.74) is 0.116. The van der Waals surface area contributed by atoms with Crippen molar-refractivity contribution in [2.24, 2.45) is 4.99 Å². The Morgan fingerprint density at radius 1 is 1.26 bits per heavy atom. The van der Waals surface area contributed by atoms with Crippen LogP contribution in [-0.4, -0.2) is 81.8 Å². The zero-order valence-corrected chi connectivity index (χ0v) is 17.0. The maximum atomic E-state index is 5.71. The van der Waals surface area contributed by atoms with Crippen LogP contribution in [0, 0.1) is 0 Å². The van der Waals surface area contributed by atoms with E-state index in [1.54, 1.807) is 6.26 Å². The maximum Gasteiger partial charge on any atom is 0.191 e. The first-order valence-electron chi connectivity index (χ1n) is 10.1. The third-order valence-electron chi connectivity index (χ3n) is 6.10. The molecule has 2 saturated heterocycles. The van der Waals surface area contributed by atoms with Crippen LogP contribution in [0.1, 0.15) is 37.5 Å². The lowest BCUT2D eigenvalue weighted by Crippen LogP contribution is -2.57. The second kappa shape index (κ2) is 9.57. The number of hydrogen-bond acceptors (Lipinski definition) is 5. The molecule has 0 spiro atoms. The van der Waals surface area contributed by atoms with E-state index in [1.165, 1.54) is 12.8 Å². The van der Waals surface area contributed by atoms with Crippen molar-refractivity contribution in [1.29, 1.82) is 0 Å². The molecule has 2 aliphatic rings. The summed E-state index contributed by atoms with van der Waals surface area (Å²) < 4.78 is 11.3. The lowest BCUT2D eigenvalue weighted by atomic mass is 9.88. The largest absolute Gasteiger partial charge is 0.468 e. The van der Waals surface area contributed by atoms with E-state index < -0.39 is 0 Å². The maximum absolute atomic E-state index is 5.71. The van der Waals surface area contributed by atoms with Crippen molar-refractivity contribution >= 4 is 5.96 Å². The molecular weight excluding hydrogens is 342 g/mol. The Morgan fingerprint density at radius 3 is 2.59 bits per heavy atom. The summed E-state index contributed by atoms with van der Waals surface area (Å²) in [6.07, 6.45) is 6.35. The van der Waals surface area contributed by atoms with Crippen molar-refractivity contribution in [3.63, 3.8) is 0 Å². The monoisotopic (exact) mass is 377 g/mol. The van der Waals surface area contributed by atoms with Crippen LogP contribution in [0.4, 0.5) is 0 Å². The minimum Gasteiger partial charge on any atom is -0.468 e. The number of furan rings is 1. The van der Waals surface area contributed by atoms with E-state index in [9.17, 15) is 0 Å². The van der Waals surface area contributed by atoms with Crippen molar-refractivity contribution in [2.75, 3.05) is 60.5 Å². The fourth-order valence-corrected chi connectivity index (χ4v) is 4.14. The molecule has 0 amide bonds. The third-order valence-corrected chi connectivity index (χ3v) is 6.10. The molecular formula is C20H35N5O2. The smallest absolute Gasteiger partial charge is 0.191 e. The summed E-state index contributed by atoms with van der Waals surface area (Å²) in [5.74, 6) is 1.87. The van der Waals surface area contributed by atoms with Crippen LogP contribution < -0.4 is 10.6 Å². The first-order valence-corrected chi connectivity index (χ1v) is 10.1. The molecule has 2 aliphatic heterocycles. The van der Waals surface area contributed by atoms with Crippen LogP contribution in [-0.2, 0) is 4.74 Å². The lowest BCUT2D eigenvalue weighted by molar-refractivity contribution is -0.00502. The van der Waals surface area contributed by atoms with Crippen molar-refractivity contribution < 1.29 is 9.15 Å². The Hall–Kier alpha value is -1.57. The summed E-state index contributed by atoms with van der Waals surface area (Å²) in [6.45, 7) is 5.54. The van der Waals surface area contributed by atoms with E-state index in [0.29, 0.717) is 0 Å². The second-order valence-corrected chi connectivity index (χ2v) is 7.81. The fraction of sp³-hybridized carbons (Fsp3) is 0.750. The molecule has 0 bridgehead atoms. The lowest BCUT2D eigenvalue weighted by Gasteiger charge is -2.43. The minimum atomic E-state index is 0.116. The number of ether oxygens (including phenoxy) is 1. The van der Waals surface area contributed by atoms with Gasteiger partial charge in [-0.05, 0) is 65.0 Å². The molecule has 2 fully saturated rings. The van der Waals surface area contributed by atoms with Gasteiger partial charge in [-0.2, -0.15) is 0 Å². The first-order chi connectivity index (χ1) is 13.1. The Morgan fingerprint density at radius 2 is 2.00 bits per heavy atom. The number of rotatable bonds is 7. The molecule has 3 heterocycles. The molecule has 1 atom stereocenters. The normalized spacial score (nSPS) is 22.1. The highest BCUT2D eigenvalue weighted by Crippen LogP contribution is 2.26. The Balaban J connectivity index is 1.57. The fourth-order valence-electron chi connectivity index (χ4n) is 4.14. The van der Waals surface area contributed by atoms with Gasteiger partial charge in [-0.25, -0.2) is 0 Å². The van der Waals surface area contributed by atoms with Gasteiger partial charge in [0.15, 0.2) is 5.96 Å². The molecule has 152 valence electrons. The number of nitrogens with zero attached hydrogens (tertiary/aromatic N) is 3. The highest BCUT2D eigenvalue weighted by molar-refractivity contribution is 5.79. The third kappa shape index (κ3) is 5.03. The van der Waals surface area contributed by atoms with Gasteiger partial charge in [-0.15, -0.1) is 0 Å². The average Bonchev–Trinajstić information content (AvgIpc) is 3.39. The summed E-state index contributed by atoms with van der Waals surface area (Å²) in [6, 6.07) is 4.29. The summed E-state index contributed by atoms with van der Waals surface area (Å²) in [7, 11) is 6.15. The van der Waals surface area contributed by atoms with Crippen LogP contribution in [0.5, 0.6) is 0 Å². The van der Waals surface area contributed by atoms with E-state index in [0.717, 1.165) is 64.0 Å². The molecule has 7 heteroatoms. The number of likely N-dealkylation sites (tertiary alicyclic amines) is 1. The molecule has 2 N–H and O–H groups in total. The predicted octanol–water partition coefficient (Wildman–Crippen LogP) is 1.69. The SMILES string of the molecule is CN=C(NCC(c1ccco1)N1CCCC1)NCC1(N(C)C)CCOCC1. The van der Waals surface area contributed by atoms with Crippen LogP contribution in [0.2, 0.25) is 0 Å². The van der Waals surface area contributed by atoms with Crippen LogP contribution >= 0.6 is 0 Å². The van der Waals surface area contributed by atoms with E-state index in [-0.39, 0.29) is 11.6 Å². The van der Waals surface area contributed by atoms with Gasteiger partial charge in [0.25, 0.3) is 0 Å². The number of guanidine groups is 1. The minimum absolute atomic E-state index is 0.116. The van der Waals surface area contributed by atoms with Gasteiger partial charge >= 0.3 is 0 Å². The number of nitrogens with one attached hydrogen (secondary N) is 2. The highest BCUT2D eigenvalue weighted by Gasteiger charge is 2.35. The Kier molecular flexibility index (Phi) is 7.15. The molecule has 1 unspecified atom stereocenters. The van der Waals surface area contributed by atoms with E-state index in [4.69, 9.17) is 9.15 Å². The summed E-state index contributed by atoms with van der Waals surface area (Å²) in [4.78, 5) is 9.26. The molecule has 7 nitrogen and oxygen atoms in total. The van der Waals surface area contributed by atoms with Gasteiger partial charge in [0.2, 0.25) is 0 Å². The molecule has 1 aromatic rings. The Bertz CT molecular complexity index is 575. The number of hydrogen-bond donors (Lipinski definition) is 2. The highest BCUT2D eigenvalue weighted by atomic mass is 16.5. The van der Waals surface area contributed by atoms with E-state index >= 15 is 0 Å². The van der Waals surface area contributed by atoms with Crippen molar-refractivity contribution in [3.05, 3.63) is 24.2 Å². The topological polar surface area (TPSA) is 65.3 Å². The summed E-state index contributed by atoms with van der Waals surface area (Å²) in [5, 5.41) is 7.06. The van der Waals surface area contributed by atoms with Crippen molar-refractivity contribution in [3.8, 4) is 0 Å². The molecule has 0 saturated carbocycles. The zero-order chi connectivity index (χ0) is 19.1. The molecule has 0 aliphatic carbocycles. The van der Waals surface area contributed by atoms with Gasteiger partial charge < -0.3 is 24.7 Å². The van der Waals surface area contributed by atoms with Gasteiger partial charge in [0, 0.05) is 38.9 Å². The first kappa shape index (κ1) is 20.2. The predicted molar refractivity (Wildman–Crippen MR) is 108 cm³/mol. The van der Waals surface area contributed by atoms with Crippen LogP contribution in [0.15, 0.2) is 27.8 Å². The standard InChI is InChI=1S/C20H35N5O2/c1-21-19(23-16-20(24(2)3)8-13-26-14-9-20)22-15-17(18-7-6-12-27-18)25-10-4-5-11-25/h6-7,12,17H,4-5,8-11,13-16H2,1-3H3,(H2,21,22,23). The Labute approximate surface area is 163 Å². The number of likely N-dealkylation sites (N-methyl/N-ethyl adjacent to an activating group) is 1. The zero-order valence-electron chi connectivity index (χ0n) is 17.0. The van der Waals surface area contributed by atoms with Gasteiger partial charge in [-0.1, -0.05) is 0 Å². The van der Waals surface area contributed by atoms with Crippen molar-refractivity contribution in [2.45, 2.75) is 37.3 Å². The molecule has 0 aromatic carbocycles. The van der Waals surface area contributed by atoms with Crippen molar-refractivity contribution in [1.82, 2.24) is 20.4 Å². The average molecular weight is 378 g/mol. The van der Waals surface area contributed by atoms with E-state index in [2.05, 4.69) is 45.6 Å². The quantitative estimate of drug-likeness (QED) is 0.557. The van der Waals surface area contributed by atoms with Gasteiger partial charge in [0.1, 0.15) is 5.76 Å². The van der Waals surface area contributed by atoms with E-state index in [1.807, 2.05) is 13.1 Å². The van der Waals surface area contributed by atoms with Crippen LogP contribution in [0.25, 0.3) is 0 Å². The van der Waals surface area contributed by atoms with Gasteiger partial charge in [0.05, 0.1) is 12.3 Å².